The van der Waals surface area contributed by atoms with Crippen LogP contribution in [-0.2, 0) is 0 Å². The Morgan fingerprint density at radius 2 is 1.56 bits per heavy atom. The lowest BCUT2D eigenvalue weighted by Crippen LogP contribution is -2.29. The molecule has 0 aliphatic heterocycles. The molecule has 0 saturated heterocycles. The van der Waals surface area contributed by atoms with Gasteiger partial charge in [-0.2, -0.15) is 0 Å². The molecule has 0 heterocycles. The van der Waals surface area contributed by atoms with Crippen LogP contribution in [0.25, 0.3) is 4.85 Å². The van der Waals surface area contributed by atoms with Crippen molar-refractivity contribution < 1.29 is 0 Å². The Labute approximate surface area is 73.6 Å². The molecule has 0 radical (unpaired) electrons. The number of hydrogen-bond acceptors (Lipinski definition) is 0. The lowest BCUT2D eigenvalue weighted by molar-refractivity contribution is 0.824. The zero-order valence-corrected chi connectivity index (χ0v) is 7.48. The van der Waals surface area contributed by atoms with Gasteiger partial charge in [0.25, 0.3) is 0 Å². The van der Waals surface area contributed by atoms with Gasteiger partial charge in [0.2, 0.25) is 4.33 Å². The van der Waals surface area contributed by atoms with E-state index in [0.717, 1.165) is 0 Å². The van der Waals surface area contributed by atoms with E-state index in [2.05, 4.69) is 4.85 Å². The summed E-state index contributed by atoms with van der Waals surface area (Å²) in [5.41, 5.74) is 0. The van der Waals surface area contributed by atoms with Gasteiger partial charge >= 0.3 is 4.46 Å². The normalized spacial score (nSPS) is 12.9. The molecule has 0 aliphatic carbocycles. The van der Waals surface area contributed by atoms with Gasteiger partial charge < -0.3 is 0 Å². The third-order valence-electron chi connectivity index (χ3n) is 0.669. The second-order valence-corrected chi connectivity index (χ2v) is 4.53. The number of nitrogens with zero attached hydrogens (tertiary/aromatic N) is 1. The summed E-state index contributed by atoms with van der Waals surface area (Å²) in [5, 5.41) is 0. The van der Waals surface area contributed by atoms with Crippen molar-refractivity contribution >= 4 is 46.4 Å². The van der Waals surface area contributed by atoms with E-state index in [1.54, 1.807) is 0 Å². The van der Waals surface area contributed by atoms with Crippen LogP contribution in [-0.4, -0.2) is 8.79 Å². The Bertz CT molecular complexity index is 140. The molecule has 0 aliphatic rings. The topological polar surface area (TPSA) is 4.36 Å². The fourth-order valence-corrected chi connectivity index (χ4v) is 0.183. The number of hydrogen-bond donors (Lipinski definition) is 0. The third kappa shape index (κ3) is 2.39. The molecule has 1 nitrogen and oxygen atoms in total. The molecule has 0 spiro atoms. The molecule has 0 aromatic carbocycles. The van der Waals surface area contributed by atoms with Crippen LogP contribution in [0.15, 0.2) is 0 Å². The molecule has 52 valence electrons. The minimum absolute atomic E-state index is 1.36. The SMILES string of the molecule is [C-]#[N+]C(Cl)(Cl)C(C)(Cl)Cl. The standard InChI is InChI=1S/C4H3Cl4N/c1-3(5,6)4(7,8)9-2/h1H3. The second kappa shape index (κ2) is 2.72. The molecule has 0 atom stereocenters. The van der Waals surface area contributed by atoms with Crippen molar-refractivity contribution in [2.24, 2.45) is 0 Å². The van der Waals surface area contributed by atoms with Gasteiger partial charge in [0, 0.05) is 0 Å². The molecule has 0 fully saturated rings. The van der Waals surface area contributed by atoms with E-state index in [0.29, 0.717) is 0 Å². The molecule has 0 unspecified atom stereocenters. The zero-order valence-electron chi connectivity index (χ0n) is 4.46. The summed E-state index contributed by atoms with van der Waals surface area (Å²) in [6.07, 6.45) is 0. The van der Waals surface area contributed by atoms with Gasteiger partial charge in [-0.25, -0.2) is 6.57 Å². The quantitative estimate of drug-likeness (QED) is 0.353. The zero-order chi connectivity index (χ0) is 7.71. The molecular weight excluding hydrogens is 204 g/mol. The number of alkyl halides is 4. The van der Waals surface area contributed by atoms with Crippen molar-refractivity contribution in [1.29, 1.82) is 0 Å². The molecule has 0 aromatic heterocycles. The highest BCUT2D eigenvalue weighted by Gasteiger charge is 2.50. The maximum Gasteiger partial charge on any atom is 0.414 e. The largest absolute Gasteiger partial charge is 0.414 e. The molecule has 9 heavy (non-hydrogen) atoms. The number of halogens is 4. The van der Waals surface area contributed by atoms with Crippen LogP contribution in [0.5, 0.6) is 0 Å². The first-order valence-electron chi connectivity index (χ1n) is 1.95. The maximum absolute atomic E-state index is 6.45. The van der Waals surface area contributed by atoms with Crippen LogP contribution in [0.2, 0.25) is 0 Å². The fraction of sp³-hybridized carbons (Fsp3) is 0.750. The van der Waals surface area contributed by atoms with E-state index in [4.69, 9.17) is 53.0 Å². The summed E-state index contributed by atoms with van der Waals surface area (Å²) < 4.78 is -3.19. The minimum atomic E-state index is -1.75. The first-order chi connectivity index (χ1) is 3.81. The van der Waals surface area contributed by atoms with Gasteiger partial charge in [-0.3, -0.25) is 4.85 Å². The molecule has 0 saturated carbocycles. The van der Waals surface area contributed by atoms with E-state index in [-0.39, 0.29) is 0 Å². The highest BCUT2D eigenvalue weighted by Crippen LogP contribution is 2.43. The third-order valence-corrected chi connectivity index (χ3v) is 2.53. The lowest BCUT2D eigenvalue weighted by Gasteiger charge is -2.16. The molecular formula is C4H3Cl4N. The Morgan fingerprint density at radius 3 is 1.56 bits per heavy atom. The van der Waals surface area contributed by atoms with Crippen molar-refractivity contribution in [1.82, 2.24) is 0 Å². The fourth-order valence-electron chi connectivity index (χ4n) is 0.0982. The smallest absolute Gasteiger partial charge is 0.272 e. The summed E-state index contributed by atoms with van der Waals surface area (Å²) in [4.78, 5) is 2.81. The van der Waals surface area contributed by atoms with Crippen LogP contribution >= 0.6 is 46.4 Å². The average Bonchev–Trinajstić information content (AvgIpc) is 1.64. The van der Waals surface area contributed by atoms with Gasteiger partial charge in [-0.15, -0.1) is 0 Å². The Kier molecular flexibility index (Phi) is 2.91. The van der Waals surface area contributed by atoms with Crippen LogP contribution in [0, 0.1) is 6.57 Å². The summed E-state index contributed by atoms with van der Waals surface area (Å²) >= 11 is 21.5. The molecule has 0 bridgehead atoms. The van der Waals surface area contributed by atoms with E-state index < -0.39 is 8.79 Å². The Balaban J connectivity index is 4.39. The molecule has 5 heteroatoms. The van der Waals surface area contributed by atoms with Crippen molar-refractivity contribution in [2.45, 2.75) is 15.7 Å². The Morgan fingerprint density at radius 1 is 1.22 bits per heavy atom. The van der Waals surface area contributed by atoms with Gasteiger partial charge in [-0.05, 0) is 30.1 Å². The van der Waals surface area contributed by atoms with Crippen LogP contribution in [0.1, 0.15) is 6.92 Å². The molecule has 0 rings (SSSR count). The Hall–Kier alpha value is 0.650. The van der Waals surface area contributed by atoms with Crippen molar-refractivity contribution in [3.8, 4) is 0 Å². The van der Waals surface area contributed by atoms with Crippen molar-refractivity contribution in [3.05, 3.63) is 11.4 Å². The minimum Gasteiger partial charge on any atom is -0.272 e. The van der Waals surface area contributed by atoms with Gasteiger partial charge in [0.1, 0.15) is 0 Å². The summed E-state index contributed by atoms with van der Waals surface area (Å²) in [6, 6.07) is 0. The highest BCUT2D eigenvalue weighted by atomic mass is 35.5. The van der Waals surface area contributed by atoms with Gasteiger partial charge in [-0.1, -0.05) is 23.2 Å². The molecule has 0 amide bonds. The van der Waals surface area contributed by atoms with E-state index in [1.165, 1.54) is 6.92 Å². The van der Waals surface area contributed by atoms with E-state index in [9.17, 15) is 0 Å². The second-order valence-electron chi connectivity index (χ2n) is 1.54. The van der Waals surface area contributed by atoms with Gasteiger partial charge in [0.05, 0.1) is 0 Å². The first-order valence-corrected chi connectivity index (χ1v) is 3.47. The monoisotopic (exact) mass is 205 g/mol. The predicted octanol–water partition coefficient (Wildman–Crippen LogP) is 3.23. The van der Waals surface area contributed by atoms with Crippen LogP contribution in [0.3, 0.4) is 0 Å². The van der Waals surface area contributed by atoms with Crippen LogP contribution in [0.4, 0.5) is 0 Å². The van der Waals surface area contributed by atoms with Crippen LogP contribution < -0.4 is 0 Å². The van der Waals surface area contributed by atoms with E-state index in [1.807, 2.05) is 0 Å². The predicted molar refractivity (Wildman–Crippen MR) is 41.2 cm³/mol. The van der Waals surface area contributed by atoms with Crippen molar-refractivity contribution in [2.75, 3.05) is 0 Å². The lowest BCUT2D eigenvalue weighted by atomic mass is 10.4. The molecule has 0 aromatic rings. The summed E-state index contributed by atoms with van der Waals surface area (Å²) in [7, 11) is 0. The summed E-state index contributed by atoms with van der Waals surface area (Å²) in [6.45, 7) is 7.81. The van der Waals surface area contributed by atoms with Crippen molar-refractivity contribution in [3.63, 3.8) is 0 Å². The average molecular weight is 207 g/mol. The summed E-state index contributed by atoms with van der Waals surface area (Å²) in [5.74, 6) is 0. The molecule has 0 N–H and O–H groups in total. The number of rotatable bonds is 1. The highest BCUT2D eigenvalue weighted by molar-refractivity contribution is 6.62. The first kappa shape index (κ1) is 9.65. The van der Waals surface area contributed by atoms with Gasteiger partial charge in [0.15, 0.2) is 0 Å². The maximum atomic E-state index is 6.45. The van der Waals surface area contributed by atoms with E-state index >= 15 is 0 Å².